The van der Waals surface area contributed by atoms with Crippen molar-refractivity contribution in [2.24, 2.45) is 4.99 Å². The summed E-state index contributed by atoms with van der Waals surface area (Å²) in [6, 6.07) is 13.4. The van der Waals surface area contributed by atoms with Gasteiger partial charge in [-0.2, -0.15) is 0 Å². The highest BCUT2D eigenvalue weighted by Gasteiger charge is 2.15. The number of aromatic nitrogens is 2. The summed E-state index contributed by atoms with van der Waals surface area (Å²) in [6.45, 7) is 0.556. The van der Waals surface area contributed by atoms with Crippen molar-refractivity contribution in [3.05, 3.63) is 77.1 Å². The van der Waals surface area contributed by atoms with Gasteiger partial charge < -0.3 is 18.5 Å². The Morgan fingerprint density at radius 2 is 2.07 bits per heavy atom. The molecule has 0 N–H and O–H groups in total. The minimum atomic E-state index is 0.556. The number of hydrogen-bond acceptors (Lipinski definition) is 6. The Kier molecular flexibility index (Phi) is 5.25. The first-order valence-electron chi connectivity index (χ1n) is 8.66. The van der Waals surface area contributed by atoms with E-state index in [9.17, 15) is 0 Å². The van der Waals surface area contributed by atoms with Crippen LogP contribution in [0.15, 0.2) is 75.9 Å². The van der Waals surface area contributed by atoms with E-state index >= 15 is 0 Å². The molecule has 0 amide bonds. The van der Waals surface area contributed by atoms with Crippen LogP contribution >= 0.6 is 11.3 Å². The second-order valence-electron chi connectivity index (χ2n) is 5.96. The average molecular weight is 393 g/mol. The van der Waals surface area contributed by atoms with Crippen LogP contribution in [0.1, 0.15) is 5.76 Å². The molecule has 3 heterocycles. The molecule has 0 saturated carbocycles. The normalized spacial score (nSPS) is 11.6. The zero-order valence-electron chi connectivity index (χ0n) is 15.5. The fraction of sp³-hybridized carbons (Fsp3) is 0.143. The van der Waals surface area contributed by atoms with Crippen LogP contribution in [0.3, 0.4) is 0 Å². The summed E-state index contributed by atoms with van der Waals surface area (Å²) in [4.78, 5) is 9.76. The number of hydrogen-bond donors (Lipinski definition) is 0. The molecular weight excluding hydrogens is 374 g/mol. The maximum Gasteiger partial charge on any atom is 0.190 e. The number of furan rings is 1. The lowest BCUT2D eigenvalue weighted by Crippen LogP contribution is -2.16. The summed E-state index contributed by atoms with van der Waals surface area (Å²) < 4.78 is 18.6. The molecule has 3 aromatic heterocycles. The molecule has 28 heavy (non-hydrogen) atoms. The van der Waals surface area contributed by atoms with Crippen molar-refractivity contribution in [2.45, 2.75) is 6.54 Å². The molecule has 4 rings (SSSR count). The van der Waals surface area contributed by atoms with E-state index in [1.54, 1.807) is 44.2 Å². The Morgan fingerprint density at radius 1 is 1.14 bits per heavy atom. The molecule has 0 spiro atoms. The van der Waals surface area contributed by atoms with Gasteiger partial charge in [-0.15, -0.1) is 11.3 Å². The molecule has 7 heteroatoms. The summed E-state index contributed by atoms with van der Waals surface area (Å²) >= 11 is 1.56. The lowest BCUT2D eigenvalue weighted by Gasteiger charge is -2.12. The molecule has 0 atom stereocenters. The number of benzene rings is 1. The maximum absolute atomic E-state index is 5.61. The van der Waals surface area contributed by atoms with E-state index in [0.717, 1.165) is 39.0 Å². The van der Waals surface area contributed by atoms with Crippen molar-refractivity contribution < 1.29 is 13.9 Å². The molecule has 6 nitrogen and oxygen atoms in total. The molecule has 0 radical (unpaired) electrons. The Labute approximate surface area is 166 Å². The second-order valence-corrected chi connectivity index (χ2v) is 6.79. The minimum Gasteiger partial charge on any atom is -0.497 e. The third-order valence-corrected chi connectivity index (χ3v) is 5.11. The van der Waals surface area contributed by atoms with Crippen LogP contribution in [-0.4, -0.2) is 23.8 Å². The Balaban J connectivity index is 1.87. The lowest BCUT2D eigenvalue weighted by molar-refractivity contribution is 0.395. The van der Waals surface area contributed by atoms with Gasteiger partial charge in [0.1, 0.15) is 17.3 Å². The van der Waals surface area contributed by atoms with E-state index in [4.69, 9.17) is 18.9 Å². The topological polar surface area (TPSA) is 61.8 Å². The van der Waals surface area contributed by atoms with Gasteiger partial charge in [0, 0.05) is 23.2 Å². The molecule has 0 aliphatic carbocycles. The minimum absolute atomic E-state index is 0.556. The van der Waals surface area contributed by atoms with E-state index in [0.29, 0.717) is 6.54 Å². The quantitative estimate of drug-likeness (QED) is 0.484. The van der Waals surface area contributed by atoms with Crippen molar-refractivity contribution in [1.29, 1.82) is 0 Å². The summed E-state index contributed by atoms with van der Waals surface area (Å²) in [6.07, 6.45) is 5.15. The van der Waals surface area contributed by atoms with Gasteiger partial charge in [-0.3, -0.25) is 4.98 Å². The van der Waals surface area contributed by atoms with Crippen molar-refractivity contribution in [2.75, 3.05) is 14.2 Å². The first kappa shape index (κ1) is 18.1. The molecule has 0 saturated heterocycles. The zero-order chi connectivity index (χ0) is 19.3. The fourth-order valence-electron chi connectivity index (χ4n) is 2.89. The second kappa shape index (κ2) is 8.14. The van der Waals surface area contributed by atoms with Gasteiger partial charge in [0.05, 0.1) is 44.6 Å². The van der Waals surface area contributed by atoms with Crippen molar-refractivity contribution in [1.82, 2.24) is 9.55 Å². The molecular formula is C21H19N3O3S. The van der Waals surface area contributed by atoms with Gasteiger partial charge in [0.2, 0.25) is 0 Å². The fourth-order valence-corrected chi connectivity index (χ4v) is 3.81. The van der Waals surface area contributed by atoms with Crippen molar-refractivity contribution >= 4 is 17.0 Å². The van der Waals surface area contributed by atoms with Gasteiger partial charge >= 0.3 is 0 Å². The lowest BCUT2D eigenvalue weighted by atomic mass is 10.1. The largest absolute Gasteiger partial charge is 0.497 e. The van der Waals surface area contributed by atoms with E-state index in [2.05, 4.69) is 14.9 Å². The average Bonchev–Trinajstić information content (AvgIpc) is 3.39. The van der Waals surface area contributed by atoms with Crippen LogP contribution in [0.2, 0.25) is 0 Å². The van der Waals surface area contributed by atoms with Crippen LogP contribution in [-0.2, 0) is 6.54 Å². The van der Waals surface area contributed by atoms with Gasteiger partial charge in [0.15, 0.2) is 4.80 Å². The highest BCUT2D eigenvalue weighted by atomic mass is 32.1. The monoisotopic (exact) mass is 393 g/mol. The number of thiazole rings is 1. The number of nitrogens with zero attached hydrogens (tertiary/aromatic N) is 3. The highest BCUT2D eigenvalue weighted by Crippen LogP contribution is 2.34. The van der Waals surface area contributed by atoms with Crippen molar-refractivity contribution in [3.63, 3.8) is 0 Å². The smallest absolute Gasteiger partial charge is 0.190 e. The maximum atomic E-state index is 5.61. The summed E-state index contributed by atoms with van der Waals surface area (Å²) in [5.74, 6) is 2.33. The predicted octanol–water partition coefficient (Wildman–Crippen LogP) is 4.50. The third-order valence-electron chi connectivity index (χ3n) is 4.25. The standard InChI is InChI=1S/C21H19N3O3S/c1-25-16-7-8-18(20(11-16)26-2)19-14-28-21(23-15-5-3-9-22-12-15)24(19)13-17-6-4-10-27-17/h3-12,14H,13H2,1-2H3. The van der Waals surface area contributed by atoms with Crippen LogP contribution in [0, 0.1) is 0 Å². The highest BCUT2D eigenvalue weighted by molar-refractivity contribution is 7.07. The van der Waals surface area contributed by atoms with Crippen LogP contribution < -0.4 is 14.3 Å². The van der Waals surface area contributed by atoms with Gasteiger partial charge in [-0.1, -0.05) is 0 Å². The van der Waals surface area contributed by atoms with Crippen LogP contribution in [0.5, 0.6) is 11.5 Å². The van der Waals surface area contributed by atoms with Gasteiger partial charge in [-0.05, 0) is 36.4 Å². The summed E-state index contributed by atoms with van der Waals surface area (Å²) in [5, 5.41) is 2.07. The molecule has 4 aromatic rings. The number of ether oxygens (including phenoxy) is 2. The Bertz CT molecular complexity index is 1120. The number of pyridine rings is 1. The molecule has 0 aliphatic heterocycles. The third kappa shape index (κ3) is 3.70. The molecule has 1 aromatic carbocycles. The number of rotatable bonds is 6. The first-order chi connectivity index (χ1) is 13.8. The van der Waals surface area contributed by atoms with E-state index in [-0.39, 0.29) is 0 Å². The molecule has 0 fully saturated rings. The zero-order valence-corrected chi connectivity index (χ0v) is 16.3. The first-order valence-corrected chi connectivity index (χ1v) is 9.54. The van der Waals surface area contributed by atoms with E-state index < -0.39 is 0 Å². The van der Waals surface area contributed by atoms with E-state index in [1.807, 2.05) is 42.5 Å². The SMILES string of the molecule is COc1ccc(-c2csc(=Nc3cccnc3)n2Cc2ccco2)c(OC)c1. The van der Waals surface area contributed by atoms with Crippen molar-refractivity contribution in [3.8, 4) is 22.8 Å². The Morgan fingerprint density at radius 3 is 2.79 bits per heavy atom. The summed E-state index contributed by atoms with van der Waals surface area (Å²) in [5.41, 5.74) is 2.74. The number of methoxy groups -OCH3 is 2. The van der Waals surface area contributed by atoms with Gasteiger partial charge in [-0.25, -0.2) is 4.99 Å². The molecule has 0 aliphatic rings. The van der Waals surface area contributed by atoms with E-state index in [1.165, 1.54) is 0 Å². The molecule has 142 valence electrons. The van der Waals surface area contributed by atoms with Crippen LogP contribution in [0.4, 0.5) is 5.69 Å². The Hall–Kier alpha value is -3.32. The molecule has 0 bridgehead atoms. The van der Waals surface area contributed by atoms with Crippen LogP contribution in [0.25, 0.3) is 11.3 Å². The predicted molar refractivity (Wildman–Crippen MR) is 108 cm³/mol. The molecule has 0 unspecified atom stereocenters. The van der Waals surface area contributed by atoms with Gasteiger partial charge in [0.25, 0.3) is 0 Å². The summed E-state index contributed by atoms with van der Waals surface area (Å²) in [7, 11) is 3.30.